The highest BCUT2D eigenvalue weighted by atomic mass is 16.1. The molecule has 0 atom stereocenters. The predicted molar refractivity (Wildman–Crippen MR) is 81.3 cm³/mol. The van der Waals surface area contributed by atoms with Crippen molar-refractivity contribution in [2.75, 3.05) is 5.32 Å². The Hall–Kier alpha value is -2.36. The summed E-state index contributed by atoms with van der Waals surface area (Å²) in [5, 5.41) is 6.10. The van der Waals surface area contributed by atoms with E-state index < -0.39 is 0 Å². The lowest BCUT2D eigenvalue weighted by molar-refractivity contribution is 0.0938. The second-order valence-electron chi connectivity index (χ2n) is 5.00. The van der Waals surface area contributed by atoms with Gasteiger partial charge in [0.25, 0.3) is 5.91 Å². The third-order valence-corrected chi connectivity index (χ3v) is 2.84. The minimum absolute atomic E-state index is 0.106. The number of carbonyl (C=O) groups is 1. The van der Waals surface area contributed by atoms with E-state index in [-0.39, 0.29) is 11.9 Å². The first kappa shape index (κ1) is 14.1. The predicted octanol–water partition coefficient (Wildman–Crippen LogP) is 3.27. The molecule has 20 heavy (non-hydrogen) atoms. The van der Waals surface area contributed by atoms with Crippen molar-refractivity contribution in [3.05, 3.63) is 53.9 Å². The SMILES string of the molecule is Cc1ccccc1Nc1ccc(C(=O)NC(C)C)nc1. The molecular formula is C16H19N3O. The molecule has 1 heterocycles. The van der Waals surface area contributed by atoms with Gasteiger partial charge in [0.05, 0.1) is 11.9 Å². The lowest BCUT2D eigenvalue weighted by Crippen LogP contribution is -2.30. The van der Waals surface area contributed by atoms with Crippen molar-refractivity contribution in [2.24, 2.45) is 0 Å². The molecule has 0 aliphatic carbocycles. The number of aryl methyl sites for hydroxylation is 1. The number of para-hydroxylation sites is 1. The molecule has 2 rings (SSSR count). The number of amides is 1. The normalized spacial score (nSPS) is 10.4. The van der Waals surface area contributed by atoms with Gasteiger partial charge in [-0.1, -0.05) is 18.2 Å². The van der Waals surface area contributed by atoms with Crippen LogP contribution in [0.5, 0.6) is 0 Å². The highest BCUT2D eigenvalue weighted by Crippen LogP contribution is 2.19. The Kier molecular flexibility index (Phi) is 4.35. The molecule has 0 fully saturated rings. The molecule has 4 heteroatoms. The summed E-state index contributed by atoms with van der Waals surface area (Å²) in [6, 6.07) is 11.7. The quantitative estimate of drug-likeness (QED) is 0.895. The molecule has 0 aliphatic heterocycles. The average Bonchev–Trinajstić information content (AvgIpc) is 2.41. The Bertz CT molecular complexity index is 591. The Balaban J connectivity index is 2.09. The van der Waals surface area contributed by atoms with Crippen molar-refractivity contribution in [2.45, 2.75) is 26.8 Å². The molecule has 0 unspecified atom stereocenters. The molecule has 2 N–H and O–H groups in total. The summed E-state index contributed by atoms with van der Waals surface area (Å²) in [7, 11) is 0. The van der Waals surface area contributed by atoms with Crippen LogP contribution in [-0.2, 0) is 0 Å². The van der Waals surface area contributed by atoms with E-state index in [0.717, 1.165) is 16.9 Å². The number of anilines is 2. The van der Waals surface area contributed by atoms with Crippen LogP contribution in [0.15, 0.2) is 42.6 Å². The largest absolute Gasteiger partial charge is 0.354 e. The van der Waals surface area contributed by atoms with Crippen molar-refractivity contribution in [3.63, 3.8) is 0 Å². The van der Waals surface area contributed by atoms with Crippen LogP contribution in [0.25, 0.3) is 0 Å². The highest BCUT2D eigenvalue weighted by Gasteiger charge is 2.08. The molecule has 0 saturated heterocycles. The van der Waals surface area contributed by atoms with Gasteiger partial charge in [0.15, 0.2) is 0 Å². The van der Waals surface area contributed by atoms with E-state index in [2.05, 4.69) is 15.6 Å². The second-order valence-corrected chi connectivity index (χ2v) is 5.00. The maximum atomic E-state index is 11.8. The van der Waals surface area contributed by atoms with Crippen molar-refractivity contribution in [1.82, 2.24) is 10.3 Å². The highest BCUT2D eigenvalue weighted by molar-refractivity contribution is 5.92. The number of hydrogen-bond acceptors (Lipinski definition) is 3. The third-order valence-electron chi connectivity index (χ3n) is 2.84. The molecule has 0 radical (unpaired) electrons. The van der Waals surface area contributed by atoms with Crippen molar-refractivity contribution < 1.29 is 4.79 Å². The Labute approximate surface area is 119 Å². The molecule has 4 nitrogen and oxygen atoms in total. The minimum Gasteiger partial charge on any atom is -0.354 e. The van der Waals surface area contributed by atoms with Gasteiger partial charge < -0.3 is 10.6 Å². The number of nitrogens with one attached hydrogen (secondary N) is 2. The van der Waals surface area contributed by atoms with Crippen molar-refractivity contribution >= 4 is 17.3 Å². The van der Waals surface area contributed by atoms with Crippen LogP contribution >= 0.6 is 0 Å². The molecule has 104 valence electrons. The van der Waals surface area contributed by atoms with Crippen LogP contribution in [-0.4, -0.2) is 16.9 Å². The van der Waals surface area contributed by atoms with Crippen LogP contribution in [0.1, 0.15) is 29.9 Å². The van der Waals surface area contributed by atoms with Crippen molar-refractivity contribution in [3.8, 4) is 0 Å². The lowest BCUT2D eigenvalue weighted by Gasteiger charge is -2.10. The number of benzene rings is 1. The number of carbonyl (C=O) groups excluding carboxylic acids is 1. The summed E-state index contributed by atoms with van der Waals surface area (Å²) < 4.78 is 0. The summed E-state index contributed by atoms with van der Waals surface area (Å²) in [6.07, 6.45) is 1.67. The fourth-order valence-corrected chi connectivity index (χ4v) is 1.81. The molecule has 0 aliphatic rings. The first-order chi connectivity index (χ1) is 9.56. The van der Waals surface area contributed by atoms with Gasteiger partial charge in [-0.25, -0.2) is 4.98 Å². The Morgan fingerprint density at radius 3 is 2.50 bits per heavy atom. The van der Waals surface area contributed by atoms with E-state index >= 15 is 0 Å². The summed E-state index contributed by atoms with van der Waals surface area (Å²) >= 11 is 0. The summed E-state index contributed by atoms with van der Waals surface area (Å²) in [4.78, 5) is 16.0. The zero-order valence-electron chi connectivity index (χ0n) is 12.0. The first-order valence-electron chi connectivity index (χ1n) is 6.66. The Morgan fingerprint density at radius 2 is 1.90 bits per heavy atom. The summed E-state index contributed by atoms with van der Waals surface area (Å²) in [5.41, 5.74) is 3.48. The maximum Gasteiger partial charge on any atom is 0.270 e. The average molecular weight is 269 g/mol. The van der Waals surface area contributed by atoms with Gasteiger partial charge in [0.1, 0.15) is 5.69 Å². The number of nitrogens with zero attached hydrogens (tertiary/aromatic N) is 1. The molecule has 0 saturated carbocycles. The zero-order valence-corrected chi connectivity index (χ0v) is 12.0. The fraction of sp³-hybridized carbons (Fsp3) is 0.250. The fourth-order valence-electron chi connectivity index (χ4n) is 1.81. The first-order valence-corrected chi connectivity index (χ1v) is 6.66. The van der Waals surface area contributed by atoms with Gasteiger partial charge in [-0.05, 0) is 44.5 Å². The summed E-state index contributed by atoms with van der Waals surface area (Å²) in [5.74, 6) is -0.151. The van der Waals surface area contributed by atoms with E-state index in [1.54, 1.807) is 12.3 Å². The molecule has 1 aromatic heterocycles. The van der Waals surface area contributed by atoms with Crippen LogP contribution in [0, 0.1) is 6.92 Å². The molecule has 0 spiro atoms. The van der Waals surface area contributed by atoms with Gasteiger partial charge in [-0.3, -0.25) is 4.79 Å². The van der Waals surface area contributed by atoms with Crippen LogP contribution in [0.2, 0.25) is 0 Å². The van der Waals surface area contributed by atoms with E-state index in [9.17, 15) is 4.79 Å². The molecule has 2 aromatic rings. The van der Waals surface area contributed by atoms with Gasteiger partial charge in [0, 0.05) is 11.7 Å². The lowest BCUT2D eigenvalue weighted by atomic mass is 10.2. The van der Waals surface area contributed by atoms with E-state index in [1.807, 2.05) is 51.1 Å². The van der Waals surface area contributed by atoms with Gasteiger partial charge in [-0.15, -0.1) is 0 Å². The topological polar surface area (TPSA) is 54.0 Å². The van der Waals surface area contributed by atoms with Crippen LogP contribution in [0.3, 0.4) is 0 Å². The smallest absolute Gasteiger partial charge is 0.270 e. The minimum atomic E-state index is -0.151. The zero-order chi connectivity index (χ0) is 14.5. The Morgan fingerprint density at radius 1 is 1.15 bits per heavy atom. The van der Waals surface area contributed by atoms with Crippen LogP contribution in [0.4, 0.5) is 11.4 Å². The molecule has 1 aromatic carbocycles. The van der Waals surface area contributed by atoms with Gasteiger partial charge >= 0.3 is 0 Å². The number of rotatable bonds is 4. The number of aromatic nitrogens is 1. The third kappa shape index (κ3) is 3.57. The summed E-state index contributed by atoms with van der Waals surface area (Å²) in [6.45, 7) is 5.89. The molecule has 0 bridgehead atoms. The number of hydrogen-bond donors (Lipinski definition) is 2. The van der Waals surface area contributed by atoms with Crippen LogP contribution < -0.4 is 10.6 Å². The van der Waals surface area contributed by atoms with Gasteiger partial charge in [-0.2, -0.15) is 0 Å². The molecular weight excluding hydrogens is 250 g/mol. The second kappa shape index (κ2) is 6.19. The van der Waals surface area contributed by atoms with E-state index in [1.165, 1.54) is 0 Å². The van der Waals surface area contributed by atoms with E-state index in [0.29, 0.717) is 5.69 Å². The van der Waals surface area contributed by atoms with Gasteiger partial charge in [0.2, 0.25) is 0 Å². The van der Waals surface area contributed by atoms with E-state index in [4.69, 9.17) is 0 Å². The molecule has 1 amide bonds. The monoisotopic (exact) mass is 269 g/mol. The number of pyridine rings is 1. The van der Waals surface area contributed by atoms with Crippen molar-refractivity contribution in [1.29, 1.82) is 0 Å². The standard InChI is InChI=1S/C16H19N3O/c1-11(2)18-16(20)15-9-8-13(10-17-15)19-14-7-5-4-6-12(14)3/h4-11,19H,1-3H3,(H,18,20). The maximum absolute atomic E-state index is 11.8.